The molecule has 3 N–H and O–H groups in total. The van der Waals surface area contributed by atoms with E-state index >= 15 is 0 Å². The molecule has 1 aliphatic heterocycles. The fourth-order valence-electron chi connectivity index (χ4n) is 2.43. The Hall–Kier alpha value is -3.29. The van der Waals surface area contributed by atoms with Crippen LogP contribution in [0.3, 0.4) is 0 Å². The predicted octanol–water partition coefficient (Wildman–Crippen LogP) is 1.59. The van der Waals surface area contributed by atoms with Crippen LogP contribution in [0, 0.1) is 12.7 Å². The number of rotatable bonds is 4. The highest BCUT2D eigenvalue weighted by atomic mass is 19.1. The van der Waals surface area contributed by atoms with Gasteiger partial charge in [-0.2, -0.15) is 5.10 Å². The van der Waals surface area contributed by atoms with Crippen molar-refractivity contribution in [2.24, 2.45) is 10.8 Å². The van der Waals surface area contributed by atoms with Crippen LogP contribution in [-0.2, 0) is 9.59 Å². The van der Waals surface area contributed by atoms with Gasteiger partial charge in [-0.25, -0.2) is 9.37 Å². The molecule has 0 bridgehead atoms. The second-order valence-corrected chi connectivity index (χ2v) is 5.66. The molecule has 2 heterocycles. The van der Waals surface area contributed by atoms with E-state index in [-0.39, 0.29) is 12.1 Å². The summed E-state index contributed by atoms with van der Waals surface area (Å²) in [5.41, 5.74) is 7.00. The van der Waals surface area contributed by atoms with Gasteiger partial charge in [-0.1, -0.05) is 6.07 Å². The Morgan fingerprint density at radius 2 is 1.96 bits per heavy atom. The van der Waals surface area contributed by atoms with Crippen molar-refractivity contribution in [2.45, 2.75) is 19.4 Å². The molecule has 0 spiro atoms. The van der Waals surface area contributed by atoms with Crippen molar-refractivity contribution >= 4 is 29.0 Å². The number of halogens is 1. The molecule has 3 rings (SSSR count). The van der Waals surface area contributed by atoms with Gasteiger partial charge in [0.1, 0.15) is 23.4 Å². The molecule has 0 radical (unpaired) electrons. The third-order valence-electron chi connectivity index (χ3n) is 3.75. The maximum Gasteiger partial charge on any atom is 0.273 e. The summed E-state index contributed by atoms with van der Waals surface area (Å²) in [5.74, 6) is -1.11. The monoisotopic (exact) mass is 341 g/mol. The average Bonchev–Trinajstić information content (AvgIpc) is 3.03. The van der Waals surface area contributed by atoms with Crippen molar-refractivity contribution in [1.82, 2.24) is 4.98 Å². The molecule has 1 atom stereocenters. The molecule has 128 valence electrons. The van der Waals surface area contributed by atoms with E-state index < -0.39 is 23.7 Å². The number of primary amides is 1. The number of nitrogens with one attached hydrogen (secondary N) is 1. The first kappa shape index (κ1) is 16.6. The highest BCUT2D eigenvalue weighted by Gasteiger charge is 2.35. The summed E-state index contributed by atoms with van der Waals surface area (Å²) in [7, 11) is 0. The van der Waals surface area contributed by atoms with Gasteiger partial charge in [0.05, 0.1) is 5.69 Å². The van der Waals surface area contributed by atoms with Crippen LogP contribution in [0.5, 0.6) is 0 Å². The Balaban J connectivity index is 1.82. The molecule has 0 unspecified atom stereocenters. The van der Waals surface area contributed by atoms with Crippen LogP contribution < -0.4 is 16.1 Å². The van der Waals surface area contributed by atoms with Gasteiger partial charge < -0.3 is 11.1 Å². The quantitative estimate of drug-likeness (QED) is 0.882. The van der Waals surface area contributed by atoms with Crippen molar-refractivity contribution in [2.75, 3.05) is 10.3 Å². The largest absolute Gasteiger partial charge is 0.368 e. The van der Waals surface area contributed by atoms with Gasteiger partial charge in [-0.15, -0.1) is 0 Å². The number of benzene rings is 1. The molecule has 0 fully saturated rings. The third-order valence-corrected chi connectivity index (χ3v) is 3.75. The molecule has 0 saturated heterocycles. The minimum absolute atomic E-state index is 0.0599. The second kappa shape index (κ2) is 6.68. The lowest BCUT2D eigenvalue weighted by Crippen LogP contribution is -2.39. The van der Waals surface area contributed by atoms with Gasteiger partial charge in [-0.05, 0) is 42.8 Å². The lowest BCUT2D eigenvalue weighted by molar-refractivity contribution is -0.119. The first-order valence-corrected chi connectivity index (χ1v) is 7.59. The van der Waals surface area contributed by atoms with Crippen molar-refractivity contribution in [1.29, 1.82) is 0 Å². The zero-order valence-electron chi connectivity index (χ0n) is 13.4. The van der Waals surface area contributed by atoms with Crippen LogP contribution in [0.2, 0.25) is 0 Å². The molecule has 1 aliphatic rings. The summed E-state index contributed by atoms with van der Waals surface area (Å²) in [5, 5.41) is 8.16. The van der Waals surface area contributed by atoms with Crippen LogP contribution in [-0.4, -0.2) is 28.6 Å². The van der Waals surface area contributed by atoms with Gasteiger partial charge in [0.2, 0.25) is 5.91 Å². The van der Waals surface area contributed by atoms with E-state index in [4.69, 9.17) is 5.73 Å². The normalized spacial score (nSPS) is 16.5. The van der Waals surface area contributed by atoms with Gasteiger partial charge in [0, 0.05) is 12.6 Å². The Bertz CT molecular complexity index is 833. The van der Waals surface area contributed by atoms with E-state index in [0.717, 1.165) is 5.56 Å². The lowest BCUT2D eigenvalue weighted by atomic mass is 10.1. The molecule has 0 aliphatic carbocycles. The van der Waals surface area contributed by atoms with Gasteiger partial charge in [0.25, 0.3) is 5.91 Å². The number of aryl methyl sites for hydroxylation is 1. The fourth-order valence-corrected chi connectivity index (χ4v) is 2.43. The van der Waals surface area contributed by atoms with Crippen LogP contribution >= 0.6 is 0 Å². The maximum atomic E-state index is 13.1. The minimum atomic E-state index is -0.808. The Morgan fingerprint density at radius 3 is 2.56 bits per heavy atom. The molecule has 0 saturated carbocycles. The number of aromatic nitrogens is 1. The van der Waals surface area contributed by atoms with Crippen molar-refractivity contribution < 1.29 is 14.0 Å². The first-order valence-electron chi connectivity index (χ1n) is 7.59. The summed E-state index contributed by atoms with van der Waals surface area (Å²) in [6.45, 7) is 1.89. The molecule has 2 amide bonds. The Kier molecular flexibility index (Phi) is 4.42. The number of hydrazone groups is 1. The average molecular weight is 341 g/mol. The predicted molar refractivity (Wildman–Crippen MR) is 91.5 cm³/mol. The summed E-state index contributed by atoms with van der Waals surface area (Å²) in [4.78, 5) is 28.2. The zero-order valence-corrected chi connectivity index (χ0v) is 13.4. The number of nitrogens with two attached hydrogens (primary N) is 1. The number of hydrogen-bond donors (Lipinski definition) is 2. The number of carbonyl (C=O) groups excluding carboxylic acids is 2. The fraction of sp³-hybridized carbons (Fsp3) is 0.176. The van der Waals surface area contributed by atoms with Gasteiger partial charge in [0.15, 0.2) is 0 Å². The number of carbonyl (C=O) groups is 2. The summed E-state index contributed by atoms with van der Waals surface area (Å²) in [6, 6.07) is 8.11. The molecule has 1 aromatic heterocycles. The number of nitrogens with zero attached hydrogens (tertiary/aromatic N) is 3. The summed E-state index contributed by atoms with van der Waals surface area (Å²) in [6.07, 6.45) is 1.69. The van der Waals surface area contributed by atoms with Crippen molar-refractivity contribution in [3.05, 3.63) is 54.0 Å². The minimum Gasteiger partial charge on any atom is -0.368 e. The summed E-state index contributed by atoms with van der Waals surface area (Å²) >= 11 is 0. The lowest BCUT2D eigenvalue weighted by Gasteiger charge is -2.20. The highest BCUT2D eigenvalue weighted by Crippen LogP contribution is 2.25. The van der Waals surface area contributed by atoms with E-state index in [1.54, 1.807) is 12.3 Å². The van der Waals surface area contributed by atoms with Crippen molar-refractivity contribution in [3.63, 3.8) is 0 Å². The summed E-state index contributed by atoms with van der Waals surface area (Å²) < 4.78 is 13.1. The van der Waals surface area contributed by atoms with Gasteiger partial charge in [-0.3, -0.25) is 14.6 Å². The Morgan fingerprint density at radius 1 is 1.24 bits per heavy atom. The van der Waals surface area contributed by atoms with Crippen LogP contribution in [0.25, 0.3) is 0 Å². The van der Waals surface area contributed by atoms with Crippen LogP contribution in [0.1, 0.15) is 12.0 Å². The number of pyridine rings is 1. The number of anilines is 2. The SMILES string of the molecule is Cc1ccc(NC(=O)C2=NN(c3ccc(F)cc3)[C@@H](C(N)=O)C2)nc1. The van der Waals surface area contributed by atoms with Crippen LogP contribution in [0.4, 0.5) is 15.9 Å². The van der Waals surface area contributed by atoms with E-state index in [9.17, 15) is 14.0 Å². The zero-order chi connectivity index (χ0) is 18.0. The standard InChI is InChI=1S/C17H16FN5O2/c1-10-2-7-15(20-9-10)21-17(25)13-8-14(16(19)24)23(22-13)12-5-3-11(18)4-6-12/h2-7,9,14H,8H2,1H3,(H2,19,24)(H,20,21,25)/t14-/m1/s1. The molecule has 1 aromatic carbocycles. The molecular weight excluding hydrogens is 325 g/mol. The van der Waals surface area contributed by atoms with Gasteiger partial charge >= 0.3 is 0 Å². The highest BCUT2D eigenvalue weighted by molar-refractivity contribution is 6.44. The molecule has 25 heavy (non-hydrogen) atoms. The van der Waals surface area contributed by atoms with Crippen molar-refractivity contribution in [3.8, 4) is 0 Å². The third kappa shape index (κ3) is 3.63. The first-order chi connectivity index (χ1) is 11.9. The van der Waals surface area contributed by atoms with Crippen LogP contribution in [0.15, 0.2) is 47.7 Å². The molecule has 7 nitrogen and oxygen atoms in total. The molecular formula is C17H16FN5O2. The van der Waals surface area contributed by atoms with E-state index in [1.807, 2.05) is 13.0 Å². The Labute approximate surface area is 143 Å². The molecule has 8 heteroatoms. The van der Waals surface area contributed by atoms with E-state index in [1.165, 1.54) is 29.3 Å². The van der Waals surface area contributed by atoms with E-state index in [2.05, 4.69) is 15.4 Å². The molecule has 2 aromatic rings. The number of hydrogen-bond acceptors (Lipinski definition) is 5. The number of amides is 2. The topological polar surface area (TPSA) is 101 Å². The smallest absolute Gasteiger partial charge is 0.273 e. The second-order valence-electron chi connectivity index (χ2n) is 5.66. The maximum absolute atomic E-state index is 13.1. The van der Waals surface area contributed by atoms with E-state index in [0.29, 0.717) is 11.5 Å².